The Kier molecular flexibility index (Phi) is 4.84. The van der Waals surface area contributed by atoms with Crippen molar-refractivity contribution in [1.82, 2.24) is 13.4 Å². The lowest BCUT2D eigenvalue weighted by atomic mass is 10.3. The molecule has 0 bridgehead atoms. The molecule has 0 aliphatic heterocycles. The second-order valence-corrected chi connectivity index (χ2v) is 7.85. The number of fused-ring (bicyclic) bond motifs is 1. The first-order chi connectivity index (χ1) is 10.7. The van der Waals surface area contributed by atoms with Gasteiger partial charge in [-0.2, -0.15) is 4.31 Å². The molecule has 2 aromatic rings. The van der Waals surface area contributed by atoms with E-state index in [0.717, 1.165) is 0 Å². The highest BCUT2D eigenvalue weighted by atomic mass is 79.9. The van der Waals surface area contributed by atoms with Gasteiger partial charge in [-0.15, -0.1) is 0 Å². The van der Waals surface area contributed by atoms with Gasteiger partial charge in [0.15, 0.2) is 0 Å². The van der Waals surface area contributed by atoms with E-state index in [0.29, 0.717) is 28.6 Å². The molecule has 2 rings (SSSR count). The first-order valence-corrected chi connectivity index (χ1v) is 9.29. The number of sulfonamides is 1. The van der Waals surface area contributed by atoms with Crippen LogP contribution in [0.4, 0.5) is 0 Å². The lowest BCUT2D eigenvalue weighted by molar-refractivity contribution is 0.445. The van der Waals surface area contributed by atoms with Crippen molar-refractivity contribution in [2.45, 2.75) is 18.7 Å². The third kappa shape index (κ3) is 2.77. The normalized spacial score (nSPS) is 12.3. The molecular formula is C14H18BrN3O4S. The van der Waals surface area contributed by atoms with Gasteiger partial charge in [-0.1, -0.05) is 13.8 Å². The summed E-state index contributed by atoms with van der Waals surface area (Å²) in [6, 6.07) is 2.97. The summed E-state index contributed by atoms with van der Waals surface area (Å²) in [5.41, 5.74) is -0.506. The second kappa shape index (κ2) is 6.21. The van der Waals surface area contributed by atoms with E-state index in [4.69, 9.17) is 0 Å². The maximum Gasteiger partial charge on any atom is 0.316 e. The minimum absolute atomic E-state index is 0.0716. The van der Waals surface area contributed by atoms with Gasteiger partial charge in [0.1, 0.15) is 0 Å². The summed E-state index contributed by atoms with van der Waals surface area (Å²) in [6.45, 7) is 4.20. The lowest BCUT2D eigenvalue weighted by Gasteiger charge is -2.20. The third-order valence-corrected chi connectivity index (χ3v) is 6.88. The van der Waals surface area contributed by atoms with Gasteiger partial charge in [0.25, 0.3) is 0 Å². The lowest BCUT2D eigenvalue weighted by Crippen LogP contribution is -2.39. The van der Waals surface area contributed by atoms with Crippen LogP contribution >= 0.6 is 15.9 Å². The molecule has 9 heteroatoms. The SMILES string of the molecule is CCN(CC)S(=O)(=O)c1cc2c(cc1Br)n(C)c(=O)c(=O)n2C. The van der Waals surface area contributed by atoms with Crippen LogP contribution < -0.4 is 11.1 Å². The van der Waals surface area contributed by atoms with Gasteiger partial charge in [-0.05, 0) is 28.1 Å². The highest BCUT2D eigenvalue weighted by Crippen LogP contribution is 2.29. The molecule has 0 atom stereocenters. The van der Waals surface area contributed by atoms with Gasteiger partial charge in [-0.3, -0.25) is 9.59 Å². The molecule has 7 nitrogen and oxygen atoms in total. The van der Waals surface area contributed by atoms with Gasteiger partial charge in [0, 0.05) is 31.7 Å². The molecule has 0 unspecified atom stereocenters. The van der Waals surface area contributed by atoms with Gasteiger partial charge >= 0.3 is 11.1 Å². The molecule has 0 aliphatic rings. The van der Waals surface area contributed by atoms with E-state index in [2.05, 4.69) is 15.9 Å². The molecule has 1 heterocycles. The Labute approximate surface area is 142 Å². The van der Waals surface area contributed by atoms with Crippen LogP contribution in [-0.2, 0) is 24.1 Å². The van der Waals surface area contributed by atoms with Crippen LogP contribution in [0.5, 0.6) is 0 Å². The zero-order valence-corrected chi connectivity index (χ0v) is 15.7. The smallest absolute Gasteiger partial charge is 0.305 e. The molecule has 1 aromatic heterocycles. The third-order valence-electron chi connectivity index (χ3n) is 3.87. The van der Waals surface area contributed by atoms with Crippen LogP contribution in [0, 0.1) is 0 Å². The molecular weight excluding hydrogens is 386 g/mol. The van der Waals surface area contributed by atoms with E-state index in [1.807, 2.05) is 0 Å². The van der Waals surface area contributed by atoms with Crippen LogP contribution in [0.25, 0.3) is 11.0 Å². The van der Waals surface area contributed by atoms with Gasteiger partial charge in [0.2, 0.25) is 10.0 Å². The van der Waals surface area contributed by atoms with Crippen LogP contribution in [0.15, 0.2) is 31.1 Å². The summed E-state index contributed by atoms with van der Waals surface area (Å²) in [5, 5.41) is 0. The Hall–Kier alpha value is -1.45. The van der Waals surface area contributed by atoms with Crippen LogP contribution in [0.3, 0.4) is 0 Å². The van der Waals surface area contributed by atoms with E-state index in [-0.39, 0.29) is 4.90 Å². The maximum atomic E-state index is 12.7. The number of hydrogen-bond donors (Lipinski definition) is 0. The number of nitrogens with zero attached hydrogens (tertiary/aromatic N) is 3. The number of aromatic nitrogens is 2. The van der Waals surface area contributed by atoms with Crippen LogP contribution in [-0.4, -0.2) is 34.9 Å². The van der Waals surface area contributed by atoms with Crippen molar-refractivity contribution < 1.29 is 8.42 Å². The minimum atomic E-state index is -3.69. The standard InChI is InChI=1S/C14H18BrN3O4S/c1-5-18(6-2)23(21,22)12-8-11-10(7-9(12)15)16(3)13(19)14(20)17(11)4/h7-8H,5-6H2,1-4H3. The Morgan fingerprint density at radius 2 is 1.43 bits per heavy atom. The van der Waals surface area contributed by atoms with Gasteiger partial charge in [-0.25, -0.2) is 8.42 Å². The molecule has 0 saturated carbocycles. The van der Waals surface area contributed by atoms with E-state index in [1.54, 1.807) is 19.9 Å². The number of aryl methyl sites for hydroxylation is 2. The maximum absolute atomic E-state index is 12.7. The van der Waals surface area contributed by atoms with Crippen molar-refractivity contribution in [3.8, 4) is 0 Å². The summed E-state index contributed by atoms with van der Waals surface area (Å²) in [6.07, 6.45) is 0. The number of hydrogen-bond acceptors (Lipinski definition) is 4. The van der Waals surface area contributed by atoms with Crippen molar-refractivity contribution >= 4 is 37.0 Å². The predicted octanol–water partition coefficient (Wildman–Crippen LogP) is 1.03. The summed E-state index contributed by atoms with van der Waals surface area (Å²) in [7, 11) is -0.757. The molecule has 126 valence electrons. The summed E-state index contributed by atoms with van der Waals surface area (Å²) >= 11 is 3.27. The van der Waals surface area contributed by atoms with Gasteiger partial charge in [0.05, 0.1) is 15.9 Å². The molecule has 0 aliphatic carbocycles. The van der Waals surface area contributed by atoms with E-state index >= 15 is 0 Å². The quantitative estimate of drug-likeness (QED) is 0.713. The Balaban J connectivity index is 2.93. The molecule has 0 radical (unpaired) electrons. The Bertz CT molecular complexity index is 988. The number of benzene rings is 1. The fourth-order valence-electron chi connectivity index (χ4n) is 2.48. The van der Waals surface area contributed by atoms with E-state index in [9.17, 15) is 18.0 Å². The minimum Gasteiger partial charge on any atom is -0.305 e. The van der Waals surface area contributed by atoms with Crippen molar-refractivity contribution in [1.29, 1.82) is 0 Å². The molecule has 0 N–H and O–H groups in total. The first-order valence-electron chi connectivity index (χ1n) is 7.06. The van der Waals surface area contributed by atoms with Crippen molar-refractivity contribution in [3.63, 3.8) is 0 Å². The molecule has 0 fully saturated rings. The van der Waals surface area contributed by atoms with E-state index < -0.39 is 21.1 Å². The molecule has 23 heavy (non-hydrogen) atoms. The Morgan fingerprint density at radius 1 is 1.00 bits per heavy atom. The average Bonchev–Trinajstić information content (AvgIpc) is 2.51. The van der Waals surface area contributed by atoms with Crippen LogP contribution in [0.2, 0.25) is 0 Å². The fourth-order valence-corrected chi connectivity index (χ4v) is 4.94. The first kappa shape index (κ1) is 17.9. The topological polar surface area (TPSA) is 81.4 Å². The predicted molar refractivity (Wildman–Crippen MR) is 92.2 cm³/mol. The summed E-state index contributed by atoms with van der Waals surface area (Å²) < 4.78 is 29.6. The molecule has 0 amide bonds. The average molecular weight is 404 g/mol. The number of rotatable bonds is 4. The monoisotopic (exact) mass is 403 g/mol. The number of halogens is 1. The molecule has 0 spiro atoms. The van der Waals surface area contributed by atoms with E-state index in [1.165, 1.54) is 33.6 Å². The highest BCUT2D eigenvalue weighted by molar-refractivity contribution is 9.10. The molecule has 1 aromatic carbocycles. The second-order valence-electron chi connectivity index (χ2n) is 5.09. The molecule has 0 saturated heterocycles. The van der Waals surface area contributed by atoms with Gasteiger partial charge < -0.3 is 9.13 Å². The highest BCUT2D eigenvalue weighted by Gasteiger charge is 2.25. The zero-order chi connectivity index (χ0) is 17.5. The largest absolute Gasteiger partial charge is 0.316 e. The van der Waals surface area contributed by atoms with Crippen LogP contribution in [0.1, 0.15) is 13.8 Å². The summed E-state index contributed by atoms with van der Waals surface area (Å²) in [5.74, 6) is 0. The zero-order valence-electron chi connectivity index (χ0n) is 13.3. The van der Waals surface area contributed by atoms with Crippen molar-refractivity contribution in [2.75, 3.05) is 13.1 Å². The summed E-state index contributed by atoms with van der Waals surface area (Å²) in [4.78, 5) is 23.9. The Morgan fingerprint density at radius 3 is 1.87 bits per heavy atom. The van der Waals surface area contributed by atoms with Crippen molar-refractivity contribution in [2.24, 2.45) is 14.1 Å². The van der Waals surface area contributed by atoms with Crippen molar-refractivity contribution in [3.05, 3.63) is 37.3 Å². The fraction of sp³-hybridized carbons (Fsp3) is 0.429.